The van der Waals surface area contributed by atoms with Gasteiger partial charge in [-0.15, -0.1) is 0 Å². The van der Waals surface area contributed by atoms with E-state index in [4.69, 9.17) is 66.3 Å². The molecule has 6 saturated heterocycles. The molecule has 0 bridgehead atoms. The Bertz CT molecular complexity index is 1460. The maximum atomic E-state index is 13.8. The van der Waals surface area contributed by atoms with Gasteiger partial charge in [0.05, 0.1) is 6.61 Å². The molecular weight excluding hydrogens is 736 g/mol. The molecule has 6 heterocycles. The number of esters is 2. The predicted octanol–water partition coefficient (Wildman–Crippen LogP) is 1.27. The molecule has 0 aliphatic carbocycles. The first kappa shape index (κ1) is 42.5. The van der Waals surface area contributed by atoms with E-state index in [1.54, 1.807) is 83.1 Å². The fourth-order valence-electron chi connectivity index (χ4n) is 7.96. The van der Waals surface area contributed by atoms with Crippen LogP contribution in [0.4, 0.5) is 0 Å². The van der Waals surface area contributed by atoms with Gasteiger partial charge in [-0.1, -0.05) is 0 Å². The minimum absolute atomic E-state index is 0.340. The molecule has 0 aromatic carbocycles. The Morgan fingerprint density at radius 3 is 1.04 bits per heavy atom. The van der Waals surface area contributed by atoms with Gasteiger partial charge in [-0.3, -0.25) is 0 Å². The van der Waals surface area contributed by atoms with Crippen LogP contribution in [0.15, 0.2) is 0 Å². The summed E-state index contributed by atoms with van der Waals surface area (Å²) >= 11 is 0. The lowest BCUT2D eigenvalue weighted by atomic mass is 10.0. The summed E-state index contributed by atoms with van der Waals surface area (Å²) in [6.45, 7) is 18.6. The molecule has 0 radical (unpaired) electrons. The second-order valence-electron chi connectivity index (χ2n) is 17.3. The van der Waals surface area contributed by atoms with E-state index in [0.717, 1.165) is 0 Å². The van der Waals surface area contributed by atoms with Gasteiger partial charge in [0, 0.05) is 0 Å². The first-order valence-electron chi connectivity index (χ1n) is 18.5. The van der Waals surface area contributed by atoms with Crippen molar-refractivity contribution in [3.05, 3.63) is 0 Å². The molecule has 6 aliphatic heterocycles. The number of aliphatic carboxylic acids is 1. The van der Waals surface area contributed by atoms with Crippen molar-refractivity contribution in [2.75, 3.05) is 19.8 Å². The van der Waals surface area contributed by atoms with Crippen LogP contribution in [0.3, 0.4) is 0 Å². The average Bonchev–Trinajstić information content (AvgIpc) is 3.86. The summed E-state index contributed by atoms with van der Waals surface area (Å²) in [5, 5.41) is 19.8. The van der Waals surface area contributed by atoms with E-state index in [0.29, 0.717) is 0 Å². The van der Waals surface area contributed by atoms with Crippen molar-refractivity contribution < 1.29 is 90.9 Å². The van der Waals surface area contributed by atoms with Crippen molar-refractivity contribution in [2.45, 2.75) is 191 Å². The first-order valence-corrected chi connectivity index (χ1v) is 18.5. The standard InChI is InChI=1S/C36H56O19/c1-31(2)44-16(13-37)19(47-31)23-26(54-35(9,10)51-23)29(40)43-15-18-21(49-33(5,6)46-18)24-27(55-36(11,12)52-24)30(41)42-14-17-20(48-32(3,4)45-17)22-25(28(38)39)53-34(7,8)50-22/h16-27,37H,13-15H2,1-12H3,(H,38,39)/t16-,17-,18-,19+,20+,21+,22+,23+,24+,25-,26-,27-/m1/s1. The zero-order valence-corrected chi connectivity index (χ0v) is 33.4. The molecule has 0 aromatic heterocycles. The molecule has 0 spiro atoms. The van der Waals surface area contributed by atoms with E-state index < -0.39 is 126 Å². The number of carboxylic acids is 1. The highest BCUT2D eigenvalue weighted by molar-refractivity contribution is 5.77. The monoisotopic (exact) mass is 792 g/mol. The summed E-state index contributed by atoms with van der Waals surface area (Å²) in [6.07, 6.45) is -12.6. The molecule has 0 aromatic rings. The van der Waals surface area contributed by atoms with E-state index in [2.05, 4.69) is 0 Å². The molecule has 19 heteroatoms. The van der Waals surface area contributed by atoms with E-state index in [1.165, 1.54) is 0 Å². The van der Waals surface area contributed by atoms with Gasteiger partial charge in [-0.2, -0.15) is 0 Å². The molecule has 6 rings (SSSR count). The van der Waals surface area contributed by atoms with Gasteiger partial charge in [0.15, 0.2) is 53.0 Å². The van der Waals surface area contributed by atoms with Gasteiger partial charge in [0.1, 0.15) is 68.1 Å². The number of hydrogen-bond acceptors (Lipinski definition) is 18. The lowest BCUT2D eigenvalue weighted by Gasteiger charge is -2.27. The highest BCUT2D eigenvalue weighted by atomic mass is 16.8. The maximum Gasteiger partial charge on any atom is 0.338 e. The SMILES string of the molecule is CC1(C)O[C@H]([C@@H]2OC(C)(C)O[C@H]2C(=O)O)[C@@H](COC(=O)[C@@H]2OC(C)(C)O[C@H]2[C@H]2OC(C)(C)O[C@@H]2COC(=O)[C@@H]2OC(C)(C)O[C@H]2[C@H]2OC(C)(C)O[C@@H]2CO)O1. The van der Waals surface area contributed by atoms with Crippen LogP contribution in [0.25, 0.3) is 0 Å². The molecular formula is C36H56O19. The molecule has 0 amide bonds. The quantitative estimate of drug-likeness (QED) is 0.281. The first-order chi connectivity index (χ1) is 25.2. The third-order valence-corrected chi connectivity index (χ3v) is 9.69. The fourth-order valence-corrected chi connectivity index (χ4v) is 7.96. The van der Waals surface area contributed by atoms with Crippen molar-refractivity contribution in [3.63, 3.8) is 0 Å². The van der Waals surface area contributed by atoms with Gasteiger partial charge in [-0.05, 0) is 83.1 Å². The molecule has 2 N–H and O–H groups in total. The van der Waals surface area contributed by atoms with Gasteiger partial charge in [0.25, 0.3) is 0 Å². The van der Waals surface area contributed by atoms with Gasteiger partial charge < -0.3 is 76.5 Å². The van der Waals surface area contributed by atoms with Crippen molar-refractivity contribution in [1.29, 1.82) is 0 Å². The van der Waals surface area contributed by atoms with Crippen LogP contribution < -0.4 is 0 Å². The van der Waals surface area contributed by atoms with E-state index in [1.807, 2.05) is 0 Å². The molecule has 55 heavy (non-hydrogen) atoms. The lowest BCUT2D eigenvalue weighted by Crippen LogP contribution is -2.49. The third kappa shape index (κ3) is 9.29. The zero-order valence-electron chi connectivity index (χ0n) is 33.4. The lowest BCUT2D eigenvalue weighted by molar-refractivity contribution is -0.179. The molecule has 12 atom stereocenters. The molecule has 6 fully saturated rings. The summed E-state index contributed by atoms with van der Waals surface area (Å²) < 4.78 is 83.5. The van der Waals surface area contributed by atoms with E-state index in [9.17, 15) is 24.6 Å². The Labute approximate surface area is 319 Å². The van der Waals surface area contributed by atoms with Gasteiger partial charge >= 0.3 is 17.9 Å². The van der Waals surface area contributed by atoms with Crippen LogP contribution in [0.5, 0.6) is 0 Å². The molecule has 0 unspecified atom stereocenters. The largest absolute Gasteiger partial charge is 0.479 e. The maximum absolute atomic E-state index is 13.8. The van der Waals surface area contributed by atoms with Crippen LogP contribution in [0.2, 0.25) is 0 Å². The summed E-state index contributed by atoms with van der Waals surface area (Å²) in [5.74, 6) is -9.92. The zero-order chi connectivity index (χ0) is 40.7. The summed E-state index contributed by atoms with van der Waals surface area (Å²) in [5.41, 5.74) is 0. The Hall–Kier alpha value is -2.11. The van der Waals surface area contributed by atoms with Crippen molar-refractivity contribution in [2.24, 2.45) is 0 Å². The normalized spacial score (nSPS) is 42.1. The number of carbonyl (C=O) groups is 3. The summed E-state index contributed by atoms with van der Waals surface area (Å²) in [6, 6.07) is 0. The minimum atomic E-state index is -1.36. The number of aliphatic hydroxyl groups excluding tert-OH is 1. The van der Waals surface area contributed by atoms with Crippen LogP contribution in [-0.4, -0.2) is 156 Å². The summed E-state index contributed by atoms with van der Waals surface area (Å²) in [7, 11) is 0. The van der Waals surface area contributed by atoms with Crippen molar-refractivity contribution in [3.8, 4) is 0 Å². The number of aliphatic hydroxyl groups is 1. The number of ether oxygens (including phenoxy) is 14. The average molecular weight is 793 g/mol. The molecule has 314 valence electrons. The van der Waals surface area contributed by atoms with Crippen LogP contribution in [0, 0.1) is 0 Å². The van der Waals surface area contributed by atoms with Crippen molar-refractivity contribution >= 4 is 17.9 Å². The second-order valence-corrected chi connectivity index (χ2v) is 17.3. The highest BCUT2D eigenvalue weighted by Crippen LogP contribution is 2.42. The Kier molecular flexibility index (Phi) is 11.3. The third-order valence-electron chi connectivity index (χ3n) is 9.69. The summed E-state index contributed by atoms with van der Waals surface area (Å²) in [4.78, 5) is 39.5. The topological polar surface area (TPSA) is 221 Å². The van der Waals surface area contributed by atoms with Crippen molar-refractivity contribution in [1.82, 2.24) is 0 Å². The van der Waals surface area contributed by atoms with Gasteiger partial charge in [-0.25, -0.2) is 14.4 Å². The van der Waals surface area contributed by atoms with E-state index >= 15 is 0 Å². The fraction of sp³-hybridized carbons (Fsp3) is 0.917. The molecule has 0 saturated carbocycles. The number of hydrogen-bond donors (Lipinski definition) is 2. The number of carboxylic acid groups (broad SMARTS) is 1. The number of carbonyl (C=O) groups excluding carboxylic acids is 2. The minimum Gasteiger partial charge on any atom is -0.479 e. The predicted molar refractivity (Wildman–Crippen MR) is 180 cm³/mol. The van der Waals surface area contributed by atoms with Gasteiger partial charge in [0.2, 0.25) is 0 Å². The van der Waals surface area contributed by atoms with Crippen LogP contribution >= 0.6 is 0 Å². The van der Waals surface area contributed by atoms with Crippen LogP contribution in [0.1, 0.15) is 83.1 Å². The Balaban J connectivity index is 1.14. The molecule has 6 aliphatic rings. The molecule has 19 nitrogen and oxygen atoms in total. The highest BCUT2D eigenvalue weighted by Gasteiger charge is 2.60. The Morgan fingerprint density at radius 1 is 0.418 bits per heavy atom. The number of rotatable bonds is 11. The van der Waals surface area contributed by atoms with E-state index in [-0.39, 0.29) is 19.8 Å². The second kappa shape index (κ2) is 14.6. The smallest absolute Gasteiger partial charge is 0.338 e. The Morgan fingerprint density at radius 2 is 0.691 bits per heavy atom. The van der Waals surface area contributed by atoms with Crippen LogP contribution in [-0.2, 0) is 80.7 Å².